The molecule has 2 rings (SSSR count). The van der Waals surface area contributed by atoms with Crippen LogP contribution in [-0.4, -0.2) is 15.2 Å². The van der Waals surface area contributed by atoms with Crippen LogP contribution in [0.5, 0.6) is 0 Å². The highest BCUT2D eigenvalue weighted by atomic mass is 16.1. The normalized spacial score (nSPS) is 12.7. The first-order valence-electron chi connectivity index (χ1n) is 4.88. The molecule has 0 aromatic carbocycles. The largest absolute Gasteiger partial charge is 0.364 e. The Morgan fingerprint density at radius 2 is 2.27 bits per heavy atom. The van der Waals surface area contributed by atoms with Crippen LogP contribution in [0, 0.1) is 6.92 Å². The number of hydrogen-bond acceptors (Lipinski definition) is 2. The molecule has 78 valence electrons. The lowest BCUT2D eigenvalue weighted by Crippen LogP contribution is -2.17. The van der Waals surface area contributed by atoms with Crippen molar-refractivity contribution >= 4 is 0 Å². The summed E-state index contributed by atoms with van der Waals surface area (Å²) in [6.07, 6.45) is 1.86. The zero-order chi connectivity index (χ0) is 10.8. The number of nitrogens with zero attached hydrogens (tertiary/aromatic N) is 1. The summed E-state index contributed by atoms with van der Waals surface area (Å²) < 4.78 is 0. The molecule has 4 heteroatoms. The van der Waals surface area contributed by atoms with Crippen LogP contribution < -0.4 is 5.56 Å². The summed E-state index contributed by atoms with van der Waals surface area (Å²) in [5.74, 6) is 0.0606. The molecule has 0 bridgehead atoms. The molecule has 4 nitrogen and oxygen atoms in total. The van der Waals surface area contributed by atoms with Gasteiger partial charge >= 0.3 is 0 Å². The second-order valence-corrected chi connectivity index (χ2v) is 3.64. The zero-order valence-electron chi connectivity index (χ0n) is 8.74. The fraction of sp³-hybridized carbons (Fsp3) is 0.273. The Morgan fingerprint density at radius 3 is 2.93 bits per heavy atom. The molecule has 2 aromatic rings. The van der Waals surface area contributed by atoms with Crippen molar-refractivity contribution in [1.82, 2.24) is 15.2 Å². The summed E-state index contributed by atoms with van der Waals surface area (Å²) in [6.45, 7) is 3.86. The summed E-state index contributed by atoms with van der Waals surface area (Å²) in [5, 5.41) is 6.35. The second kappa shape index (κ2) is 3.73. The minimum Gasteiger partial charge on any atom is -0.364 e. The molecule has 0 fully saturated rings. The van der Waals surface area contributed by atoms with Crippen LogP contribution in [-0.2, 0) is 0 Å². The predicted molar refractivity (Wildman–Crippen MR) is 57.9 cm³/mol. The third-order valence-electron chi connectivity index (χ3n) is 2.52. The highest BCUT2D eigenvalue weighted by Crippen LogP contribution is 2.19. The topological polar surface area (TPSA) is 61.5 Å². The molecular weight excluding hydrogens is 190 g/mol. The Labute approximate surface area is 87.4 Å². The highest BCUT2D eigenvalue weighted by Gasteiger charge is 2.13. The van der Waals surface area contributed by atoms with Gasteiger partial charge in [0, 0.05) is 23.4 Å². The molecule has 2 aromatic heterocycles. The van der Waals surface area contributed by atoms with Crippen LogP contribution in [0.1, 0.15) is 29.8 Å². The van der Waals surface area contributed by atoms with E-state index in [9.17, 15) is 4.79 Å². The van der Waals surface area contributed by atoms with E-state index in [-0.39, 0.29) is 11.5 Å². The van der Waals surface area contributed by atoms with E-state index in [1.54, 1.807) is 0 Å². The average Bonchev–Trinajstić information content (AvgIpc) is 2.74. The Morgan fingerprint density at radius 1 is 1.47 bits per heavy atom. The van der Waals surface area contributed by atoms with Gasteiger partial charge in [0.1, 0.15) is 0 Å². The standard InChI is InChI=1S/C11H13N3O/c1-7-6-9(11(15)14-13-7)8(2)10-4-3-5-12-10/h3-6,8,12H,1-2H3,(H,14,15)/t8-/m1/s1. The van der Waals surface area contributed by atoms with Crippen LogP contribution in [0.2, 0.25) is 0 Å². The van der Waals surface area contributed by atoms with E-state index in [1.807, 2.05) is 38.2 Å². The fourth-order valence-electron chi connectivity index (χ4n) is 1.63. The number of H-pyrrole nitrogens is 2. The van der Waals surface area contributed by atoms with Gasteiger partial charge in [0.05, 0.1) is 5.69 Å². The lowest BCUT2D eigenvalue weighted by Gasteiger charge is -2.08. The Balaban J connectivity index is 2.46. The molecule has 0 amide bonds. The van der Waals surface area contributed by atoms with Gasteiger partial charge < -0.3 is 4.98 Å². The molecule has 0 aliphatic carbocycles. The van der Waals surface area contributed by atoms with Crippen LogP contribution in [0.4, 0.5) is 0 Å². The minimum absolute atomic E-state index is 0.0606. The number of nitrogens with one attached hydrogen (secondary N) is 2. The quantitative estimate of drug-likeness (QED) is 0.778. The van der Waals surface area contributed by atoms with Gasteiger partial charge in [0.2, 0.25) is 0 Å². The number of aryl methyl sites for hydroxylation is 1. The number of hydrogen-bond donors (Lipinski definition) is 2. The van der Waals surface area contributed by atoms with Gasteiger partial charge in [-0.3, -0.25) is 4.79 Å². The van der Waals surface area contributed by atoms with E-state index in [2.05, 4.69) is 15.2 Å². The van der Waals surface area contributed by atoms with Crippen molar-refractivity contribution in [3.05, 3.63) is 51.7 Å². The molecule has 0 spiro atoms. The van der Waals surface area contributed by atoms with Crippen molar-refractivity contribution in [3.63, 3.8) is 0 Å². The molecular formula is C11H13N3O. The van der Waals surface area contributed by atoms with E-state index in [0.717, 1.165) is 17.0 Å². The highest BCUT2D eigenvalue weighted by molar-refractivity contribution is 5.26. The van der Waals surface area contributed by atoms with Crippen LogP contribution >= 0.6 is 0 Å². The van der Waals surface area contributed by atoms with Crippen molar-refractivity contribution in [2.45, 2.75) is 19.8 Å². The summed E-state index contributed by atoms with van der Waals surface area (Å²) in [4.78, 5) is 14.7. The smallest absolute Gasteiger partial charge is 0.268 e. The van der Waals surface area contributed by atoms with E-state index in [0.29, 0.717) is 0 Å². The summed E-state index contributed by atoms with van der Waals surface area (Å²) in [5.41, 5.74) is 2.47. The number of aromatic amines is 2. The molecule has 15 heavy (non-hydrogen) atoms. The summed E-state index contributed by atoms with van der Waals surface area (Å²) in [7, 11) is 0. The van der Waals surface area contributed by atoms with Gasteiger partial charge in [-0.05, 0) is 25.1 Å². The molecule has 2 heterocycles. The zero-order valence-corrected chi connectivity index (χ0v) is 8.74. The lowest BCUT2D eigenvalue weighted by atomic mass is 9.99. The van der Waals surface area contributed by atoms with Crippen LogP contribution in [0.25, 0.3) is 0 Å². The van der Waals surface area contributed by atoms with E-state index >= 15 is 0 Å². The van der Waals surface area contributed by atoms with Crippen LogP contribution in [0.3, 0.4) is 0 Å². The summed E-state index contributed by atoms with van der Waals surface area (Å²) in [6, 6.07) is 5.72. The predicted octanol–water partition coefficient (Wildman–Crippen LogP) is 1.56. The van der Waals surface area contributed by atoms with Crippen molar-refractivity contribution in [3.8, 4) is 0 Å². The number of rotatable bonds is 2. The van der Waals surface area contributed by atoms with Crippen molar-refractivity contribution in [1.29, 1.82) is 0 Å². The molecule has 0 aliphatic heterocycles. The van der Waals surface area contributed by atoms with Gasteiger partial charge in [-0.2, -0.15) is 5.10 Å². The maximum absolute atomic E-state index is 11.6. The molecule has 2 N–H and O–H groups in total. The lowest BCUT2D eigenvalue weighted by molar-refractivity contribution is 0.824. The first kappa shape index (κ1) is 9.71. The first-order chi connectivity index (χ1) is 7.18. The van der Waals surface area contributed by atoms with E-state index in [4.69, 9.17) is 0 Å². The van der Waals surface area contributed by atoms with Crippen molar-refractivity contribution < 1.29 is 0 Å². The maximum atomic E-state index is 11.6. The van der Waals surface area contributed by atoms with Gasteiger partial charge in [-0.1, -0.05) is 6.92 Å². The monoisotopic (exact) mass is 203 g/mol. The third-order valence-corrected chi connectivity index (χ3v) is 2.52. The molecule has 0 radical (unpaired) electrons. The Bertz CT molecular complexity index is 499. The van der Waals surface area contributed by atoms with Gasteiger partial charge in [0.25, 0.3) is 5.56 Å². The molecule has 0 unspecified atom stereocenters. The Hall–Kier alpha value is -1.84. The van der Waals surface area contributed by atoms with Crippen molar-refractivity contribution in [2.24, 2.45) is 0 Å². The van der Waals surface area contributed by atoms with Crippen LogP contribution in [0.15, 0.2) is 29.2 Å². The maximum Gasteiger partial charge on any atom is 0.268 e. The fourth-order valence-corrected chi connectivity index (χ4v) is 1.63. The van der Waals surface area contributed by atoms with E-state index in [1.165, 1.54) is 0 Å². The SMILES string of the molecule is Cc1cc([C@@H](C)c2ccc[nH]2)c(=O)[nH]n1. The molecule has 0 aliphatic rings. The van der Waals surface area contributed by atoms with Gasteiger partial charge in [-0.25, -0.2) is 5.10 Å². The van der Waals surface area contributed by atoms with Gasteiger partial charge in [-0.15, -0.1) is 0 Å². The molecule has 1 atom stereocenters. The third kappa shape index (κ3) is 1.83. The molecule has 0 saturated carbocycles. The van der Waals surface area contributed by atoms with E-state index < -0.39 is 0 Å². The summed E-state index contributed by atoms with van der Waals surface area (Å²) >= 11 is 0. The van der Waals surface area contributed by atoms with Gasteiger partial charge in [0.15, 0.2) is 0 Å². The molecule has 0 saturated heterocycles. The first-order valence-corrected chi connectivity index (χ1v) is 4.88. The average molecular weight is 203 g/mol. The number of aromatic nitrogens is 3. The van der Waals surface area contributed by atoms with Crippen molar-refractivity contribution in [2.75, 3.05) is 0 Å². The Kier molecular flexibility index (Phi) is 2.41. The second-order valence-electron chi connectivity index (χ2n) is 3.64. The minimum atomic E-state index is -0.122.